The quantitative estimate of drug-likeness (QED) is 0.488. The van der Waals surface area contributed by atoms with E-state index < -0.39 is 8.07 Å². The molecule has 1 rings (SSSR count). The maximum Gasteiger partial charge on any atom is 0.0858 e. The molecule has 13 heavy (non-hydrogen) atoms. The van der Waals surface area contributed by atoms with Crippen molar-refractivity contribution in [1.82, 2.24) is 0 Å². The number of hydrogen-bond acceptors (Lipinski definition) is 1. The summed E-state index contributed by atoms with van der Waals surface area (Å²) in [6.45, 7) is 11.9. The van der Waals surface area contributed by atoms with Gasteiger partial charge in [0.1, 0.15) is 0 Å². The van der Waals surface area contributed by atoms with Gasteiger partial charge >= 0.3 is 0 Å². The lowest BCUT2D eigenvalue weighted by atomic mass is 10.1. The zero-order valence-electron chi connectivity index (χ0n) is 9.81. The molecule has 0 aromatic rings. The van der Waals surface area contributed by atoms with E-state index in [0.717, 1.165) is 0 Å². The molecule has 1 aliphatic heterocycles. The van der Waals surface area contributed by atoms with Gasteiger partial charge in [-0.05, 0) is 12.8 Å². The molecule has 1 fully saturated rings. The van der Waals surface area contributed by atoms with Crippen LogP contribution in [-0.4, -0.2) is 19.4 Å². The van der Waals surface area contributed by atoms with Gasteiger partial charge in [-0.15, -0.1) is 0 Å². The molecule has 78 valence electrons. The average molecular weight is 200 g/mol. The van der Waals surface area contributed by atoms with Crippen LogP contribution in [0.4, 0.5) is 0 Å². The second kappa shape index (κ2) is 3.74. The van der Waals surface area contributed by atoms with Crippen molar-refractivity contribution in [3.8, 4) is 0 Å². The molecule has 0 spiro atoms. The molecule has 1 aliphatic rings. The third kappa shape index (κ3) is 1.99. The first-order valence-corrected chi connectivity index (χ1v) is 9.15. The first-order chi connectivity index (χ1) is 5.98. The van der Waals surface area contributed by atoms with Gasteiger partial charge in [-0.1, -0.05) is 46.3 Å². The predicted molar refractivity (Wildman–Crippen MR) is 60.8 cm³/mol. The molecule has 0 aromatic heterocycles. The summed E-state index contributed by atoms with van der Waals surface area (Å²) < 4.78 is 6.01. The van der Waals surface area contributed by atoms with Crippen LogP contribution in [0.3, 0.4) is 0 Å². The molecule has 2 heteroatoms. The van der Waals surface area contributed by atoms with E-state index in [1.54, 1.807) is 0 Å². The minimum Gasteiger partial charge on any atom is -0.370 e. The molecular weight excluding hydrogens is 176 g/mol. The summed E-state index contributed by atoms with van der Waals surface area (Å²) in [5.41, 5.74) is 0. The lowest BCUT2D eigenvalue weighted by molar-refractivity contribution is 0.327. The SMILES string of the molecule is CCC[C@H]1O[C@]1(CCC)[Si](C)(C)C. The lowest BCUT2D eigenvalue weighted by Crippen LogP contribution is -2.43. The Balaban J connectivity index is 2.60. The van der Waals surface area contributed by atoms with E-state index in [9.17, 15) is 0 Å². The zero-order chi connectivity index (χ0) is 10.1. The summed E-state index contributed by atoms with van der Waals surface area (Å²) in [4.78, 5) is 0. The third-order valence-electron chi connectivity index (χ3n) is 3.26. The predicted octanol–water partition coefficient (Wildman–Crippen LogP) is 3.60. The van der Waals surface area contributed by atoms with Gasteiger partial charge in [0.2, 0.25) is 0 Å². The van der Waals surface area contributed by atoms with E-state index >= 15 is 0 Å². The Hall–Kier alpha value is 0.177. The van der Waals surface area contributed by atoms with E-state index in [-0.39, 0.29) is 0 Å². The Bertz CT molecular complexity index is 173. The molecule has 1 nitrogen and oxygen atoms in total. The van der Waals surface area contributed by atoms with Crippen LogP contribution in [0.1, 0.15) is 39.5 Å². The fourth-order valence-corrected chi connectivity index (χ4v) is 5.01. The van der Waals surface area contributed by atoms with Gasteiger partial charge in [0.25, 0.3) is 0 Å². The Morgan fingerprint density at radius 2 is 1.77 bits per heavy atom. The fraction of sp³-hybridized carbons (Fsp3) is 1.00. The minimum absolute atomic E-state index is 0.345. The van der Waals surface area contributed by atoms with Gasteiger partial charge in [-0.25, -0.2) is 0 Å². The summed E-state index contributed by atoms with van der Waals surface area (Å²) in [7, 11) is -1.12. The molecule has 0 aliphatic carbocycles. The summed E-state index contributed by atoms with van der Waals surface area (Å²) in [6.07, 6.45) is 5.69. The van der Waals surface area contributed by atoms with Crippen molar-refractivity contribution in [2.45, 2.75) is 70.5 Å². The standard InChI is InChI=1S/C11H24OSi/c1-6-8-10-11(12-10,9-7-2)13(3,4)5/h10H,6-9H2,1-5H3/t10-,11-/m1/s1. The number of hydrogen-bond donors (Lipinski definition) is 0. The minimum atomic E-state index is -1.12. The van der Waals surface area contributed by atoms with Crippen molar-refractivity contribution in [1.29, 1.82) is 0 Å². The van der Waals surface area contributed by atoms with Gasteiger partial charge in [-0.2, -0.15) is 0 Å². The Morgan fingerprint density at radius 3 is 2.15 bits per heavy atom. The van der Waals surface area contributed by atoms with E-state index in [1.807, 2.05) is 0 Å². The highest BCUT2D eigenvalue weighted by atomic mass is 28.3. The number of ether oxygens (including phenoxy) is 1. The van der Waals surface area contributed by atoms with Crippen LogP contribution >= 0.6 is 0 Å². The van der Waals surface area contributed by atoms with Crippen molar-refractivity contribution >= 4 is 8.07 Å². The van der Waals surface area contributed by atoms with Crippen LogP contribution in [-0.2, 0) is 4.74 Å². The van der Waals surface area contributed by atoms with E-state index in [0.29, 0.717) is 11.3 Å². The molecule has 0 bridgehead atoms. The van der Waals surface area contributed by atoms with Gasteiger partial charge in [0.05, 0.1) is 19.4 Å². The number of rotatable bonds is 5. The topological polar surface area (TPSA) is 12.5 Å². The number of epoxide rings is 1. The van der Waals surface area contributed by atoms with Crippen molar-refractivity contribution in [3.05, 3.63) is 0 Å². The molecule has 0 aromatic carbocycles. The zero-order valence-corrected chi connectivity index (χ0v) is 10.8. The van der Waals surface area contributed by atoms with Crippen LogP contribution in [0.2, 0.25) is 19.6 Å². The van der Waals surface area contributed by atoms with Crippen LogP contribution < -0.4 is 0 Å². The summed E-state index contributed by atoms with van der Waals surface area (Å²) >= 11 is 0. The first kappa shape index (κ1) is 11.3. The van der Waals surface area contributed by atoms with Crippen molar-refractivity contribution in [3.63, 3.8) is 0 Å². The second-order valence-corrected chi connectivity index (χ2v) is 10.6. The van der Waals surface area contributed by atoms with Gasteiger partial charge < -0.3 is 4.74 Å². The van der Waals surface area contributed by atoms with Gasteiger partial charge in [0.15, 0.2) is 0 Å². The van der Waals surface area contributed by atoms with Crippen molar-refractivity contribution in [2.24, 2.45) is 0 Å². The van der Waals surface area contributed by atoms with Crippen LogP contribution in [0.5, 0.6) is 0 Å². The lowest BCUT2D eigenvalue weighted by Gasteiger charge is -2.26. The Labute approximate surface area is 83.9 Å². The second-order valence-electron chi connectivity index (χ2n) is 5.28. The molecule has 0 N–H and O–H groups in total. The highest BCUT2D eigenvalue weighted by Crippen LogP contribution is 2.49. The largest absolute Gasteiger partial charge is 0.370 e. The summed E-state index contributed by atoms with van der Waals surface area (Å²) in [6, 6.07) is 0. The van der Waals surface area contributed by atoms with Crippen LogP contribution in [0.15, 0.2) is 0 Å². The third-order valence-corrected chi connectivity index (χ3v) is 6.49. The normalized spacial score (nSPS) is 33.5. The first-order valence-electron chi connectivity index (χ1n) is 5.65. The summed E-state index contributed by atoms with van der Waals surface area (Å²) in [5, 5.41) is 0.345. The molecule has 0 saturated carbocycles. The van der Waals surface area contributed by atoms with Crippen LogP contribution in [0.25, 0.3) is 0 Å². The van der Waals surface area contributed by atoms with Crippen molar-refractivity contribution < 1.29 is 4.74 Å². The van der Waals surface area contributed by atoms with Crippen LogP contribution in [0, 0.1) is 0 Å². The molecule has 2 atom stereocenters. The molecular formula is C11H24OSi. The Morgan fingerprint density at radius 1 is 1.15 bits per heavy atom. The average Bonchev–Trinajstić information content (AvgIpc) is 2.64. The van der Waals surface area contributed by atoms with Gasteiger partial charge in [0, 0.05) is 0 Å². The molecule has 1 heterocycles. The fourth-order valence-electron chi connectivity index (χ4n) is 2.40. The molecule has 1 saturated heterocycles. The van der Waals surface area contributed by atoms with Gasteiger partial charge in [-0.3, -0.25) is 0 Å². The molecule has 0 amide bonds. The maximum absolute atomic E-state index is 6.01. The van der Waals surface area contributed by atoms with E-state index in [1.165, 1.54) is 25.7 Å². The van der Waals surface area contributed by atoms with E-state index in [4.69, 9.17) is 4.74 Å². The summed E-state index contributed by atoms with van der Waals surface area (Å²) in [5.74, 6) is 0. The smallest absolute Gasteiger partial charge is 0.0858 e. The highest BCUT2D eigenvalue weighted by Gasteiger charge is 2.62. The van der Waals surface area contributed by atoms with Crippen molar-refractivity contribution in [2.75, 3.05) is 0 Å². The molecule has 0 unspecified atom stereocenters. The molecule has 0 radical (unpaired) electrons. The highest BCUT2D eigenvalue weighted by molar-refractivity contribution is 6.79. The monoisotopic (exact) mass is 200 g/mol. The Kier molecular flexibility index (Phi) is 3.23. The van der Waals surface area contributed by atoms with E-state index in [2.05, 4.69) is 33.5 Å². The maximum atomic E-state index is 6.01.